The molecule has 0 saturated heterocycles. The van der Waals surface area contributed by atoms with Crippen LogP contribution in [0.15, 0.2) is 12.1 Å². The van der Waals surface area contributed by atoms with Gasteiger partial charge in [-0.3, -0.25) is 4.79 Å². The van der Waals surface area contributed by atoms with Gasteiger partial charge in [0.05, 0.1) is 0 Å². The van der Waals surface area contributed by atoms with Crippen molar-refractivity contribution in [2.45, 2.75) is 20.3 Å². The van der Waals surface area contributed by atoms with Crippen molar-refractivity contribution in [2.75, 3.05) is 25.2 Å². The lowest BCUT2D eigenvalue weighted by Crippen LogP contribution is -2.25. The van der Waals surface area contributed by atoms with Gasteiger partial charge in [-0.15, -0.1) is 0 Å². The Morgan fingerprint density at radius 2 is 1.90 bits per heavy atom. The highest BCUT2D eigenvalue weighted by molar-refractivity contribution is 7.98. The predicted octanol–water partition coefficient (Wildman–Crippen LogP) is 2.25. The van der Waals surface area contributed by atoms with Gasteiger partial charge in [-0.25, -0.2) is 4.79 Å². The van der Waals surface area contributed by atoms with Crippen LogP contribution in [0, 0.1) is 13.8 Å². The van der Waals surface area contributed by atoms with E-state index in [2.05, 4.69) is 5.32 Å². The number of carbonyl (C=O) groups is 2. The number of rotatable bonds is 8. The minimum Gasteiger partial charge on any atom is -0.481 e. The molecule has 6 heteroatoms. The molecule has 1 amide bonds. The zero-order valence-electron chi connectivity index (χ0n) is 12.6. The van der Waals surface area contributed by atoms with E-state index in [0.717, 1.165) is 23.3 Å². The standard InChI is InChI=1S/C15H21NO4S/c1-10-7-12(15(19)16-5-4-6-21-3)8-11(2)14(10)20-9-13(17)18/h7-8H,4-6,9H2,1-3H3,(H,16,19)(H,17,18). The molecule has 0 fully saturated rings. The maximum atomic E-state index is 12.0. The van der Waals surface area contributed by atoms with Gasteiger partial charge in [-0.05, 0) is 55.5 Å². The van der Waals surface area contributed by atoms with Crippen LogP contribution in [0.25, 0.3) is 0 Å². The molecule has 0 atom stereocenters. The fraction of sp³-hybridized carbons (Fsp3) is 0.467. The summed E-state index contributed by atoms with van der Waals surface area (Å²) in [5.41, 5.74) is 2.08. The Balaban J connectivity index is 2.73. The van der Waals surface area contributed by atoms with Gasteiger partial charge in [-0.2, -0.15) is 11.8 Å². The Morgan fingerprint density at radius 1 is 1.29 bits per heavy atom. The summed E-state index contributed by atoms with van der Waals surface area (Å²) < 4.78 is 5.24. The first-order chi connectivity index (χ1) is 9.95. The fourth-order valence-corrected chi connectivity index (χ4v) is 2.40. The lowest BCUT2D eigenvalue weighted by molar-refractivity contribution is -0.139. The van der Waals surface area contributed by atoms with E-state index in [1.54, 1.807) is 37.7 Å². The summed E-state index contributed by atoms with van der Waals surface area (Å²) >= 11 is 1.75. The number of nitrogens with one attached hydrogen (secondary N) is 1. The van der Waals surface area contributed by atoms with Crippen LogP contribution in [-0.2, 0) is 4.79 Å². The van der Waals surface area contributed by atoms with Crippen molar-refractivity contribution >= 4 is 23.6 Å². The van der Waals surface area contributed by atoms with E-state index >= 15 is 0 Å². The number of carboxylic acid groups (broad SMARTS) is 1. The molecule has 116 valence electrons. The zero-order chi connectivity index (χ0) is 15.8. The van der Waals surface area contributed by atoms with Crippen molar-refractivity contribution < 1.29 is 19.4 Å². The molecule has 0 radical (unpaired) electrons. The molecule has 21 heavy (non-hydrogen) atoms. The molecule has 5 nitrogen and oxygen atoms in total. The quantitative estimate of drug-likeness (QED) is 0.720. The summed E-state index contributed by atoms with van der Waals surface area (Å²) in [6.07, 6.45) is 2.97. The number of hydrogen-bond acceptors (Lipinski definition) is 4. The third kappa shape index (κ3) is 5.67. The van der Waals surface area contributed by atoms with Crippen LogP contribution in [0.3, 0.4) is 0 Å². The molecular weight excluding hydrogens is 290 g/mol. The molecule has 0 unspecified atom stereocenters. The molecular formula is C15H21NO4S. The molecule has 2 N–H and O–H groups in total. The lowest BCUT2D eigenvalue weighted by atomic mass is 10.1. The number of hydrogen-bond donors (Lipinski definition) is 2. The lowest BCUT2D eigenvalue weighted by Gasteiger charge is -2.13. The van der Waals surface area contributed by atoms with Crippen LogP contribution < -0.4 is 10.1 Å². The van der Waals surface area contributed by atoms with Gasteiger partial charge in [0.1, 0.15) is 5.75 Å². The van der Waals surface area contributed by atoms with E-state index in [1.165, 1.54) is 0 Å². The second kappa shape index (κ2) is 8.56. The van der Waals surface area contributed by atoms with Crippen molar-refractivity contribution in [3.05, 3.63) is 28.8 Å². The molecule has 0 heterocycles. The highest BCUT2D eigenvalue weighted by Crippen LogP contribution is 2.24. The number of carboxylic acids is 1. The molecule has 0 aromatic heterocycles. The minimum atomic E-state index is -1.02. The molecule has 0 bridgehead atoms. The highest BCUT2D eigenvalue weighted by atomic mass is 32.2. The zero-order valence-corrected chi connectivity index (χ0v) is 13.4. The Hall–Kier alpha value is -1.69. The van der Waals surface area contributed by atoms with Crippen LogP contribution in [0.5, 0.6) is 5.75 Å². The molecule has 1 rings (SSSR count). The van der Waals surface area contributed by atoms with Crippen LogP contribution in [0.1, 0.15) is 27.9 Å². The summed E-state index contributed by atoms with van der Waals surface area (Å²) in [5, 5.41) is 11.5. The third-order valence-electron chi connectivity index (χ3n) is 2.87. The second-order valence-electron chi connectivity index (χ2n) is 4.72. The van der Waals surface area contributed by atoms with Crippen LogP contribution in [-0.4, -0.2) is 42.1 Å². The first kappa shape index (κ1) is 17.4. The maximum absolute atomic E-state index is 12.0. The molecule has 0 aliphatic carbocycles. The maximum Gasteiger partial charge on any atom is 0.341 e. The van der Waals surface area contributed by atoms with Gasteiger partial charge in [0.2, 0.25) is 0 Å². The molecule has 0 spiro atoms. The summed E-state index contributed by atoms with van der Waals surface area (Å²) in [5.74, 6) is 0.396. The monoisotopic (exact) mass is 311 g/mol. The van der Waals surface area contributed by atoms with Crippen LogP contribution in [0.4, 0.5) is 0 Å². The van der Waals surface area contributed by atoms with Crippen molar-refractivity contribution in [2.24, 2.45) is 0 Å². The van der Waals surface area contributed by atoms with Crippen molar-refractivity contribution in [3.63, 3.8) is 0 Å². The van der Waals surface area contributed by atoms with Gasteiger partial charge in [-0.1, -0.05) is 0 Å². The van der Waals surface area contributed by atoms with Gasteiger partial charge < -0.3 is 15.2 Å². The van der Waals surface area contributed by atoms with E-state index in [1.807, 2.05) is 6.26 Å². The van der Waals surface area contributed by atoms with Crippen LogP contribution in [0.2, 0.25) is 0 Å². The molecule has 0 aliphatic heterocycles. The summed E-state index contributed by atoms with van der Waals surface area (Å²) in [7, 11) is 0. The van der Waals surface area contributed by atoms with Gasteiger partial charge >= 0.3 is 5.97 Å². The number of benzene rings is 1. The topological polar surface area (TPSA) is 75.6 Å². The second-order valence-corrected chi connectivity index (χ2v) is 5.71. The van der Waals surface area contributed by atoms with E-state index in [0.29, 0.717) is 17.9 Å². The van der Waals surface area contributed by atoms with Gasteiger partial charge in [0, 0.05) is 12.1 Å². The molecule has 1 aromatic carbocycles. The number of carbonyl (C=O) groups excluding carboxylic acids is 1. The van der Waals surface area contributed by atoms with E-state index in [-0.39, 0.29) is 12.5 Å². The average molecular weight is 311 g/mol. The van der Waals surface area contributed by atoms with Crippen molar-refractivity contribution in [3.8, 4) is 5.75 Å². The molecule has 1 aromatic rings. The highest BCUT2D eigenvalue weighted by Gasteiger charge is 2.12. The summed E-state index contributed by atoms with van der Waals surface area (Å²) in [4.78, 5) is 22.6. The fourth-order valence-electron chi connectivity index (χ4n) is 1.96. The SMILES string of the molecule is CSCCCNC(=O)c1cc(C)c(OCC(=O)O)c(C)c1. The number of ether oxygens (including phenoxy) is 1. The largest absolute Gasteiger partial charge is 0.481 e. The van der Waals surface area contributed by atoms with Crippen LogP contribution >= 0.6 is 11.8 Å². The van der Waals surface area contributed by atoms with Crippen molar-refractivity contribution in [1.29, 1.82) is 0 Å². The first-order valence-electron chi connectivity index (χ1n) is 6.68. The Labute approximate surface area is 129 Å². The normalized spacial score (nSPS) is 10.2. The Kier molecular flexibility index (Phi) is 7.08. The Morgan fingerprint density at radius 3 is 2.43 bits per heavy atom. The number of aliphatic carboxylic acids is 1. The summed E-state index contributed by atoms with van der Waals surface area (Å²) in [6.45, 7) is 3.86. The molecule has 0 saturated carbocycles. The third-order valence-corrected chi connectivity index (χ3v) is 3.57. The number of thioether (sulfide) groups is 1. The van der Waals surface area contributed by atoms with Gasteiger partial charge in [0.25, 0.3) is 5.91 Å². The van der Waals surface area contributed by atoms with E-state index < -0.39 is 5.97 Å². The minimum absolute atomic E-state index is 0.118. The Bertz CT molecular complexity index is 493. The average Bonchev–Trinajstić information content (AvgIpc) is 2.42. The van der Waals surface area contributed by atoms with E-state index in [4.69, 9.17) is 9.84 Å². The summed E-state index contributed by atoms with van der Waals surface area (Å²) in [6, 6.07) is 3.43. The smallest absolute Gasteiger partial charge is 0.341 e. The first-order valence-corrected chi connectivity index (χ1v) is 8.08. The predicted molar refractivity (Wildman–Crippen MR) is 84.4 cm³/mol. The van der Waals surface area contributed by atoms with Crippen molar-refractivity contribution in [1.82, 2.24) is 5.32 Å². The van der Waals surface area contributed by atoms with Gasteiger partial charge in [0.15, 0.2) is 6.61 Å². The number of aryl methyl sites for hydroxylation is 2. The number of amides is 1. The van der Waals surface area contributed by atoms with E-state index in [9.17, 15) is 9.59 Å². The molecule has 0 aliphatic rings.